The summed E-state index contributed by atoms with van der Waals surface area (Å²) in [6.45, 7) is 3.59. The van der Waals surface area contributed by atoms with E-state index in [4.69, 9.17) is 4.74 Å². The maximum atomic E-state index is 14.3. The number of ketones is 1. The van der Waals surface area contributed by atoms with Gasteiger partial charge in [0.25, 0.3) is 0 Å². The van der Waals surface area contributed by atoms with Crippen molar-refractivity contribution < 1.29 is 18.7 Å². The van der Waals surface area contributed by atoms with Crippen molar-refractivity contribution in [1.82, 2.24) is 4.90 Å². The second-order valence-electron chi connectivity index (χ2n) is 6.24. The first-order valence-corrected chi connectivity index (χ1v) is 8.55. The number of carbonyl (C=O) groups is 2. The van der Waals surface area contributed by atoms with Crippen LogP contribution in [-0.2, 0) is 11.3 Å². The molecule has 2 aromatic rings. The number of carbonyl (C=O) groups excluding carboxylic acids is 2. The number of anilines is 1. The first-order chi connectivity index (χ1) is 12.5. The van der Waals surface area contributed by atoms with Crippen LogP contribution in [0.5, 0.6) is 0 Å². The number of hydrogen-bond donors (Lipinski definition) is 0. The Bertz CT molecular complexity index is 787. The summed E-state index contributed by atoms with van der Waals surface area (Å²) in [5, 5.41) is 0. The number of halogens is 1. The second kappa shape index (κ2) is 7.99. The molecule has 3 rings (SSSR count). The van der Waals surface area contributed by atoms with Crippen LogP contribution in [0.25, 0.3) is 0 Å². The molecule has 0 N–H and O–H groups in total. The van der Waals surface area contributed by atoms with Crippen LogP contribution >= 0.6 is 0 Å². The molecule has 0 saturated carbocycles. The van der Waals surface area contributed by atoms with Crippen LogP contribution in [0.15, 0.2) is 48.5 Å². The third kappa shape index (κ3) is 4.20. The van der Waals surface area contributed by atoms with Crippen LogP contribution < -0.4 is 4.90 Å². The van der Waals surface area contributed by atoms with Gasteiger partial charge in [-0.15, -0.1) is 0 Å². The van der Waals surface area contributed by atoms with E-state index in [0.29, 0.717) is 37.4 Å². The van der Waals surface area contributed by atoms with E-state index >= 15 is 0 Å². The number of piperazine rings is 1. The van der Waals surface area contributed by atoms with Gasteiger partial charge in [-0.2, -0.15) is 0 Å². The first-order valence-electron chi connectivity index (χ1n) is 8.55. The van der Waals surface area contributed by atoms with Crippen LogP contribution in [0.1, 0.15) is 22.8 Å². The number of ether oxygens (including phenoxy) is 1. The molecule has 0 spiro atoms. The molecule has 1 aliphatic rings. The van der Waals surface area contributed by atoms with Crippen molar-refractivity contribution in [3.63, 3.8) is 0 Å². The monoisotopic (exact) mass is 356 g/mol. The molecule has 0 atom stereocenters. The summed E-state index contributed by atoms with van der Waals surface area (Å²) in [6, 6.07) is 14.0. The van der Waals surface area contributed by atoms with Gasteiger partial charge >= 0.3 is 6.09 Å². The highest BCUT2D eigenvalue weighted by molar-refractivity contribution is 5.94. The number of nitrogens with zero attached hydrogens (tertiary/aromatic N) is 2. The van der Waals surface area contributed by atoms with Gasteiger partial charge in [-0.05, 0) is 30.7 Å². The van der Waals surface area contributed by atoms with Crippen molar-refractivity contribution in [2.24, 2.45) is 0 Å². The van der Waals surface area contributed by atoms with Gasteiger partial charge in [0.2, 0.25) is 0 Å². The topological polar surface area (TPSA) is 49.9 Å². The highest BCUT2D eigenvalue weighted by Crippen LogP contribution is 2.22. The Morgan fingerprint density at radius 2 is 1.73 bits per heavy atom. The quantitative estimate of drug-likeness (QED) is 0.787. The SMILES string of the molecule is CC(=O)c1ccc(N2CCN(C(=O)OCc3ccccc3)CC2)c(F)c1. The van der Waals surface area contributed by atoms with Crippen LogP contribution in [0.2, 0.25) is 0 Å². The van der Waals surface area contributed by atoms with E-state index in [2.05, 4.69) is 0 Å². The molecule has 1 fully saturated rings. The fraction of sp³-hybridized carbons (Fsp3) is 0.300. The van der Waals surface area contributed by atoms with E-state index in [0.717, 1.165) is 5.56 Å². The van der Waals surface area contributed by atoms with E-state index in [1.165, 1.54) is 13.0 Å². The summed E-state index contributed by atoms with van der Waals surface area (Å²) in [7, 11) is 0. The first kappa shape index (κ1) is 17.9. The van der Waals surface area contributed by atoms with Crippen LogP contribution in [0, 0.1) is 5.82 Å². The van der Waals surface area contributed by atoms with E-state index in [-0.39, 0.29) is 18.5 Å². The largest absolute Gasteiger partial charge is 0.445 e. The molecule has 26 heavy (non-hydrogen) atoms. The van der Waals surface area contributed by atoms with Crippen molar-refractivity contribution in [2.75, 3.05) is 31.1 Å². The normalized spacial score (nSPS) is 14.2. The molecule has 2 aromatic carbocycles. The van der Waals surface area contributed by atoms with E-state index < -0.39 is 5.82 Å². The molecule has 0 bridgehead atoms. The zero-order chi connectivity index (χ0) is 18.5. The maximum Gasteiger partial charge on any atom is 0.410 e. The minimum absolute atomic E-state index is 0.165. The molecular formula is C20H21FN2O3. The third-order valence-electron chi connectivity index (χ3n) is 4.44. The Kier molecular flexibility index (Phi) is 5.51. The lowest BCUT2D eigenvalue weighted by Crippen LogP contribution is -2.49. The number of Topliss-reactive ketones (excluding diaryl/α,β-unsaturated/α-hetero) is 1. The summed E-state index contributed by atoms with van der Waals surface area (Å²) >= 11 is 0. The Balaban J connectivity index is 1.54. The van der Waals surface area contributed by atoms with Crippen molar-refractivity contribution in [3.8, 4) is 0 Å². The molecule has 5 nitrogen and oxygen atoms in total. The van der Waals surface area contributed by atoms with Crippen molar-refractivity contribution in [2.45, 2.75) is 13.5 Å². The number of hydrogen-bond acceptors (Lipinski definition) is 4. The fourth-order valence-corrected chi connectivity index (χ4v) is 2.92. The van der Waals surface area contributed by atoms with Gasteiger partial charge < -0.3 is 14.5 Å². The summed E-state index contributed by atoms with van der Waals surface area (Å²) in [4.78, 5) is 27.0. The predicted molar refractivity (Wildman–Crippen MR) is 96.8 cm³/mol. The highest BCUT2D eigenvalue weighted by atomic mass is 19.1. The van der Waals surface area contributed by atoms with Gasteiger partial charge in [0, 0.05) is 31.7 Å². The number of amides is 1. The smallest absolute Gasteiger partial charge is 0.410 e. The van der Waals surface area contributed by atoms with Crippen LogP contribution in [0.3, 0.4) is 0 Å². The van der Waals surface area contributed by atoms with Crippen molar-refractivity contribution in [3.05, 3.63) is 65.5 Å². The standard InChI is InChI=1S/C20H21FN2O3/c1-15(24)17-7-8-19(18(21)13-17)22-9-11-23(12-10-22)20(25)26-14-16-5-3-2-4-6-16/h2-8,13H,9-12,14H2,1H3. The average molecular weight is 356 g/mol. The molecule has 0 aromatic heterocycles. The lowest BCUT2D eigenvalue weighted by Gasteiger charge is -2.35. The third-order valence-corrected chi connectivity index (χ3v) is 4.44. The molecule has 136 valence electrons. The minimum Gasteiger partial charge on any atom is -0.445 e. The fourth-order valence-electron chi connectivity index (χ4n) is 2.92. The van der Waals surface area contributed by atoms with Crippen LogP contribution in [0.4, 0.5) is 14.9 Å². The molecule has 1 saturated heterocycles. The second-order valence-corrected chi connectivity index (χ2v) is 6.24. The van der Waals surface area contributed by atoms with Gasteiger partial charge in [0.1, 0.15) is 12.4 Å². The zero-order valence-corrected chi connectivity index (χ0v) is 14.7. The molecular weight excluding hydrogens is 335 g/mol. The van der Waals surface area contributed by atoms with Gasteiger partial charge in [0.05, 0.1) is 5.69 Å². The Labute approximate surface area is 152 Å². The summed E-state index contributed by atoms with van der Waals surface area (Å²) in [5.41, 5.74) is 1.74. The van der Waals surface area contributed by atoms with Gasteiger partial charge in [0.15, 0.2) is 5.78 Å². The van der Waals surface area contributed by atoms with Crippen molar-refractivity contribution in [1.29, 1.82) is 0 Å². The molecule has 1 heterocycles. The summed E-state index contributed by atoms with van der Waals surface area (Å²) < 4.78 is 19.6. The Morgan fingerprint density at radius 1 is 1.04 bits per heavy atom. The van der Waals surface area contributed by atoms with E-state index in [1.807, 2.05) is 35.2 Å². The molecule has 0 unspecified atom stereocenters. The zero-order valence-electron chi connectivity index (χ0n) is 14.7. The van der Waals surface area contributed by atoms with Gasteiger partial charge in [-0.25, -0.2) is 9.18 Å². The Hall–Kier alpha value is -2.89. The maximum absolute atomic E-state index is 14.3. The number of benzene rings is 2. The summed E-state index contributed by atoms with van der Waals surface area (Å²) in [6.07, 6.45) is -0.360. The minimum atomic E-state index is -0.419. The molecule has 6 heteroatoms. The lowest BCUT2D eigenvalue weighted by molar-refractivity contribution is 0.0940. The van der Waals surface area contributed by atoms with Crippen molar-refractivity contribution >= 4 is 17.6 Å². The molecule has 0 aliphatic carbocycles. The van der Waals surface area contributed by atoms with E-state index in [9.17, 15) is 14.0 Å². The average Bonchev–Trinajstić information content (AvgIpc) is 2.67. The Morgan fingerprint density at radius 3 is 2.35 bits per heavy atom. The van der Waals surface area contributed by atoms with Crippen LogP contribution in [-0.4, -0.2) is 43.0 Å². The van der Waals surface area contributed by atoms with Gasteiger partial charge in [-0.1, -0.05) is 30.3 Å². The molecule has 0 radical (unpaired) electrons. The highest BCUT2D eigenvalue weighted by Gasteiger charge is 2.24. The summed E-state index contributed by atoms with van der Waals surface area (Å²) in [5.74, 6) is -0.584. The predicted octanol–water partition coefficient (Wildman–Crippen LogP) is 3.49. The lowest BCUT2D eigenvalue weighted by atomic mass is 10.1. The van der Waals surface area contributed by atoms with Gasteiger partial charge in [-0.3, -0.25) is 4.79 Å². The molecule has 1 amide bonds. The number of rotatable bonds is 4. The van der Waals surface area contributed by atoms with E-state index in [1.54, 1.807) is 17.0 Å². The molecule has 1 aliphatic heterocycles.